The molecule has 0 N–H and O–H groups in total. The molecule has 0 spiro atoms. The summed E-state index contributed by atoms with van der Waals surface area (Å²) in [5, 5.41) is -3.93. The van der Waals surface area contributed by atoms with Gasteiger partial charge in [0.1, 0.15) is 0 Å². The standard InChI is InChI=1S/C2HCl2F3/c3-1(5)2(4,6)7/h1H. The van der Waals surface area contributed by atoms with Crippen molar-refractivity contribution in [1.82, 2.24) is 0 Å². The van der Waals surface area contributed by atoms with E-state index in [-0.39, 0.29) is 0 Å². The number of hydrogen-bond acceptors (Lipinski definition) is 0. The molecular weight excluding hydrogens is 152 g/mol. The van der Waals surface area contributed by atoms with E-state index in [1.807, 2.05) is 0 Å². The van der Waals surface area contributed by atoms with Gasteiger partial charge in [0, 0.05) is 0 Å². The molecule has 0 nitrogen and oxygen atoms in total. The molecule has 0 radical (unpaired) electrons. The molecule has 0 aliphatic heterocycles. The highest BCUT2D eigenvalue weighted by Crippen LogP contribution is 2.28. The van der Waals surface area contributed by atoms with Crippen molar-refractivity contribution < 1.29 is 13.2 Å². The van der Waals surface area contributed by atoms with E-state index in [1.54, 1.807) is 0 Å². The molecule has 0 saturated carbocycles. The van der Waals surface area contributed by atoms with Gasteiger partial charge in [-0.25, -0.2) is 4.39 Å². The van der Waals surface area contributed by atoms with Crippen molar-refractivity contribution in [3.63, 3.8) is 0 Å². The molecule has 1 atom stereocenters. The van der Waals surface area contributed by atoms with Crippen molar-refractivity contribution in [1.29, 1.82) is 0 Å². The lowest BCUT2D eigenvalue weighted by molar-refractivity contribution is 0.0451. The average Bonchev–Trinajstić information content (AvgIpc) is 1.31. The predicted molar refractivity (Wildman–Crippen MR) is 21.5 cm³/mol. The predicted octanol–water partition coefficient (Wildman–Crippen LogP) is 2.35. The summed E-state index contributed by atoms with van der Waals surface area (Å²) in [6.07, 6.45) is 0. The van der Waals surface area contributed by atoms with Gasteiger partial charge in [0.15, 0.2) is 0 Å². The summed E-state index contributed by atoms with van der Waals surface area (Å²) in [6.45, 7) is 0. The van der Waals surface area contributed by atoms with Crippen LogP contribution in [-0.4, -0.2) is 11.0 Å². The third-order valence-electron chi connectivity index (χ3n) is 0.247. The van der Waals surface area contributed by atoms with Crippen LogP contribution >= 0.6 is 23.2 Å². The van der Waals surface area contributed by atoms with Crippen molar-refractivity contribution in [3.8, 4) is 0 Å². The van der Waals surface area contributed by atoms with Gasteiger partial charge in [0.2, 0.25) is 0 Å². The molecular formula is C2HCl2F3. The second kappa shape index (κ2) is 2.09. The fourth-order valence-corrected chi connectivity index (χ4v) is 0. The molecule has 44 valence electrons. The highest BCUT2D eigenvalue weighted by Gasteiger charge is 2.35. The quantitative estimate of drug-likeness (QED) is 0.507. The van der Waals surface area contributed by atoms with Crippen LogP contribution in [0.4, 0.5) is 13.2 Å². The van der Waals surface area contributed by atoms with Gasteiger partial charge in [-0.05, 0) is 11.6 Å². The van der Waals surface area contributed by atoms with Gasteiger partial charge in [-0.2, -0.15) is 8.78 Å². The van der Waals surface area contributed by atoms with Crippen molar-refractivity contribution in [2.45, 2.75) is 11.0 Å². The van der Waals surface area contributed by atoms with Gasteiger partial charge in [0.25, 0.3) is 5.63 Å². The topological polar surface area (TPSA) is 0 Å². The van der Waals surface area contributed by atoms with E-state index in [2.05, 4.69) is 23.2 Å². The van der Waals surface area contributed by atoms with E-state index in [9.17, 15) is 13.2 Å². The molecule has 0 amide bonds. The fourth-order valence-electron chi connectivity index (χ4n) is 0. The largest absolute Gasteiger partial charge is 0.366 e. The van der Waals surface area contributed by atoms with E-state index >= 15 is 0 Å². The second-order valence-corrected chi connectivity index (χ2v) is 1.73. The molecule has 0 bridgehead atoms. The lowest BCUT2D eigenvalue weighted by atomic mass is 10.8. The number of rotatable bonds is 1. The lowest BCUT2D eigenvalue weighted by Gasteiger charge is -2.03. The fraction of sp³-hybridized carbons (Fsp3) is 1.00. The molecule has 0 aromatic carbocycles. The lowest BCUT2D eigenvalue weighted by Crippen LogP contribution is -2.16. The second-order valence-electron chi connectivity index (χ2n) is 0.842. The van der Waals surface area contributed by atoms with Crippen LogP contribution in [0, 0.1) is 0 Å². The molecule has 0 aliphatic rings. The Labute approximate surface area is 48.2 Å². The maximum Gasteiger partial charge on any atom is 0.366 e. The molecule has 7 heavy (non-hydrogen) atoms. The minimum atomic E-state index is -3.93. The smallest absolute Gasteiger partial charge is 0.222 e. The van der Waals surface area contributed by atoms with Crippen molar-refractivity contribution in [2.75, 3.05) is 0 Å². The van der Waals surface area contributed by atoms with Gasteiger partial charge in [-0.1, -0.05) is 11.6 Å². The molecule has 1 unspecified atom stereocenters. The molecule has 0 aromatic rings. The van der Waals surface area contributed by atoms with Crippen LogP contribution in [0.5, 0.6) is 0 Å². The van der Waals surface area contributed by atoms with Crippen LogP contribution < -0.4 is 0 Å². The minimum Gasteiger partial charge on any atom is -0.222 e. The van der Waals surface area contributed by atoms with Crippen LogP contribution in [0.25, 0.3) is 0 Å². The van der Waals surface area contributed by atoms with Crippen molar-refractivity contribution in [3.05, 3.63) is 0 Å². The highest BCUT2D eigenvalue weighted by molar-refractivity contribution is 6.30. The van der Waals surface area contributed by atoms with E-state index in [4.69, 9.17) is 0 Å². The first kappa shape index (κ1) is 7.37. The van der Waals surface area contributed by atoms with Crippen molar-refractivity contribution >= 4 is 23.2 Å². The summed E-state index contributed by atoms with van der Waals surface area (Å²) in [5.74, 6) is 0. The van der Waals surface area contributed by atoms with Gasteiger partial charge in [-0.15, -0.1) is 0 Å². The van der Waals surface area contributed by atoms with Gasteiger partial charge >= 0.3 is 5.38 Å². The zero-order valence-electron chi connectivity index (χ0n) is 2.97. The van der Waals surface area contributed by atoms with Crippen LogP contribution in [-0.2, 0) is 0 Å². The third kappa shape index (κ3) is 3.00. The Kier molecular flexibility index (Phi) is 2.20. The number of hydrogen-bond donors (Lipinski definition) is 0. The zero-order chi connectivity index (χ0) is 6.08. The van der Waals surface area contributed by atoms with Crippen LogP contribution in [0.2, 0.25) is 0 Å². The maximum absolute atomic E-state index is 11.1. The molecule has 0 saturated heterocycles. The highest BCUT2D eigenvalue weighted by atomic mass is 35.5. The Bertz CT molecular complexity index is 56.4. The summed E-state index contributed by atoms with van der Waals surface area (Å²) in [4.78, 5) is 0. The third-order valence-corrected chi connectivity index (χ3v) is 0.825. The molecule has 0 rings (SSSR count). The summed E-state index contributed by atoms with van der Waals surface area (Å²) in [7, 11) is 0. The van der Waals surface area contributed by atoms with Crippen molar-refractivity contribution in [2.24, 2.45) is 0 Å². The number of halogens is 5. The molecule has 5 heteroatoms. The summed E-state index contributed by atoms with van der Waals surface area (Å²) in [6, 6.07) is 0. The number of alkyl halides is 5. The van der Waals surface area contributed by atoms with Gasteiger partial charge in [0.05, 0.1) is 0 Å². The van der Waals surface area contributed by atoms with E-state index in [0.717, 1.165) is 0 Å². The summed E-state index contributed by atoms with van der Waals surface area (Å²) < 4.78 is 33.3. The first-order valence-corrected chi connectivity index (χ1v) is 2.11. The molecule has 0 fully saturated rings. The van der Waals surface area contributed by atoms with E-state index in [0.29, 0.717) is 0 Å². The van der Waals surface area contributed by atoms with Crippen LogP contribution in [0.15, 0.2) is 0 Å². The van der Waals surface area contributed by atoms with E-state index in [1.165, 1.54) is 0 Å². The monoisotopic (exact) mass is 152 g/mol. The molecule has 0 aliphatic carbocycles. The SMILES string of the molecule is FC(Cl)C(F)(F)Cl. The first-order chi connectivity index (χ1) is 2.94. The normalized spacial score (nSPS) is 16.7. The molecule has 0 heterocycles. The molecule has 0 aromatic heterocycles. The minimum absolute atomic E-state index is 2.80. The Balaban J connectivity index is 3.54. The summed E-state index contributed by atoms with van der Waals surface area (Å²) >= 11 is 8.23. The Hall–Kier alpha value is 0.370. The Morgan fingerprint density at radius 3 is 1.57 bits per heavy atom. The van der Waals surface area contributed by atoms with Gasteiger partial charge in [-0.3, -0.25) is 0 Å². The van der Waals surface area contributed by atoms with Crippen LogP contribution in [0.3, 0.4) is 0 Å². The average molecular weight is 153 g/mol. The van der Waals surface area contributed by atoms with Crippen LogP contribution in [0.1, 0.15) is 0 Å². The summed E-state index contributed by atoms with van der Waals surface area (Å²) in [5.41, 5.74) is -2.80. The Morgan fingerprint density at radius 1 is 1.43 bits per heavy atom. The van der Waals surface area contributed by atoms with Gasteiger partial charge < -0.3 is 0 Å². The Morgan fingerprint density at radius 2 is 1.57 bits per heavy atom. The first-order valence-electron chi connectivity index (χ1n) is 1.29. The zero-order valence-corrected chi connectivity index (χ0v) is 4.48. The van der Waals surface area contributed by atoms with E-state index < -0.39 is 11.0 Å². The maximum atomic E-state index is 11.1.